The highest BCUT2D eigenvalue weighted by molar-refractivity contribution is 6.38. The van der Waals surface area contributed by atoms with Crippen molar-refractivity contribution in [3.05, 3.63) is 62.9 Å². The minimum absolute atomic E-state index is 0.185. The van der Waals surface area contributed by atoms with Crippen molar-refractivity contribution in [1.82, 2.24) is 9.88 Å². The predicted octanol–water partition coefficient (Wildman–Crippen LogP) is 3.72. The van der Waals surface area contributed by atoms with Crippen LogP contribution in [0, 0.1) is 0 Å². The lowest BCUT2D eigenvalue weighted by Gasteiger charge is -2.14. The molecule has 0 N–H and O–H groups in total. The molecule has 102 valence electrons. The maximum absolute atomic E-state index is 11.0. The van der Waals surface area contributed by atoms with Crippen LogP contribution in [-0.4, -0.2) is 16.2 Å². The third kappa shape index (κ3) is 2.44. The van der Waals surface area contributed by atoms with Crippen molar-refractivity contribution in [2.24, 2.45) is 0 Å². The highest BCUT2D eigenvalue weighted by atomic mass is 35.5. The van der Waals surface area contributed by atoms with E-state index in [0.717, 1.165) is 17.8 Å². The Morgan fingerprint density at radius 1 is 1.20 bits per heavy atom. The Morgan fingerprint density at radius 2 is 1.95 bits per heavy atom. The molecule has 0 bridgehead atoms. The number of benzene rings is 1. The zero-order chi connectivity index (χ0) is 14.1. The van der Waals surface area contributed by atoms with Crippen molar-refractivity contribution in [3.63, 3.8) is 0 Å². The van der Waals surface area contributed by atoms with Gasteiger partial charge in [-0.1, -0.05) is 53.5 Å². The first-order valence-electron chi connectivity index (χ1n) is 6.27. The van der Waals surface area contributed by atoms with Crippen molar-refractivity contribution in [2.75, 3.05) is 0 Å². The topological polar surface area (TPSA) is 33.2 Å². The van der Waals surface area contributed by atoms with E-state index >= 15 is 0 Å². The average Bonchev–Trinajstić information content (AvgIpc) is 2.83. The second-order valence-electron chi connectivity index (χ2n) is 4.80. The van der Waals surface area contributed by atoms with Crippen molar-refractivity contribution in [2.45, 2.75) is 19.6 Å². The zero-order valence-corrected chi connectivity index (χ0v) is 12.2. The van der Waals surface area contributed by atoms with Gasteiger partial charge in [-0.3, -0.25) is 9.69 Å². The molecule has 2 heterocycles. The molecule has 0 spiro atoms. The first kappa shape index (κ1) is 13.6. The molecule has 0 atom stereocenters. The summed E-state index contributed by atoms with van der Waals surface area (Å²) in [5, 5.41) is 0.621. The fraction of sp³-hybridized carbons (Fsp3) is 0.200. The number of nitrogens with zero attached hydrogens (tertiary/aromatic N) is 2. The van der Waals surface area contributed by atoms with E-state index in [2.05, 4.69) is 22.0 Å². The first-order chi connectivity index (χ1) is 9.69. The number of carbonyl (C=O) groups excluding carboxylic acids is 1. The number of hydrogen-bond donors (Lipinski definition) is 0. The average molecular weight is 307 g/mol. The van der Waals surface area contributed by atoms with Crippen LogP contribution >= 0.6 is 23.2 Å². The van der Waals surface area contributed by atoms with Gasteiger partial charge in [-0.05, 0) is 5.56 Å². The molecule has 0 unspecified atom stereocenters. The summed E-state index contributed by atoms with van der Waals surface area (Å²) in [7, 11) is 0. The van der Waals surface area contributed by atoms with Gasteiger partial charge >= 0.3 is 0 Å². The van der Waals surface area contributed by atoms with E-state index in [9.17, 15) is 4.79 Å². The minimum atomic E-state index is 0.185. The molecule has 1 aromatic carbocycles. The third-order valence-corrected chi connectivity index (χ3v) is 4.15. The standard InChI is InChI=1S/C15H12Cl2N2O/c16-14-11-7-19(6-10-4-2-1-3-5-10)8-13(11)18-15(17)12(14)9-20/h1-5,9H,6-8H2. The second kappa shape index (κ2) is 5.52. The zero-order valence-electron chi connectivity index (χ0n) is 10.6. The van der Waals surface area contributed by atoms with E-state index < -0.39 is 0 Å². The first-order valence-corrected chi connectivity index (χ1v) is 7.03. The molecule has 0 saturated carbocycles. The molecule has 3 nitrogen and oxygen atoms in total. The quantitative estimate of drug-likeness (QED) is 0.640. The number of aromatic nitrogens is 1. The molecular weight excluding hydrogens is 295 g/mol. The Balaban J connectivity index is 1.86. The van der Waals surface area contributed by atoms with E-state index in [1.165, 1.54) is 5.56 Å². The van der Waals surface area contributed by atoms with E-state index in [1.54, 1.807) is 0 Å². The number of carbonyl (C=O) groups is 1. The van der Waals surface area contributed by atoms with Gasteiger partial charge in [0.2, 0.25) is 0 Å². The van der Waals surface area contributed by atoms with Gasteiger partial charge in [0.25, 0.3) is 0 Å². The highest BCUT2D eigenvalue weighted by Crippen LogP contribution is 2.33. The maximum Gasteiger partial charge on any atom is 0.154 e. The SMILES string of the molecule is O=Cc1c(Cl)nc2c(c1Cl)CN(Cc1ccccc1)C2. The summed E-state index contributed by atoms with van der Waals surface area (Å²) in [5.41, 5.74) is 3.29. The van der Waals surface area contributed by atoms with Crippen LogP contribution < -0.4 is 0 Å². The monoisotopic (exact) mass is 306 g/mol. The highest BCUT2D eigenvalue weighted by Gasteiger charge is 2.26. The molecule has 0 amide bonds. The molecule has 1 aliphatic rings. The summed E-state index contributed by atoms with van der Waals surface area (Å²) < 4.78 is 0. The molecule has 0 fully saturated rings. The fourth-order valence-electron chi connectivity index (χ4n) is 2.46. The maximum atomic E-state index is 11.0. The fourth-order valence-corrected chi connectivity index (χ4v) is 3.05. The number of rotatable bonds is 3. The molecular formula is C15H12Cl2N2O. The summed E-state index contributed by atoms with van der Waals surface area (Å²) in [6.45, 7) is 2.21. The van der Waals surface area contributed by atoms with Crippen LogP contribution in [-0.2, 0) is 19.6 Å². The molecule has 3 rings (SSSR count). The van der Waals surface area contributed by atoms with Crippen LogP contribution in [0.3, 0.4) is 0 Å². The Labute approximate surface area is 127 Å². The largest absolute Gasteiger partial charge is 0.298 e. The van der Waals surface area contributed by atoms with Crippen molar-refractivity contribution < 1.29 is 4.79 Å². The number of halogens is 2. The number of fused-ring (bicyclic) bond motifs is 1. The number of pyridine rings is 1. The minimum Gasteiger partial charge on any atom is -0.298 e. The molecule has 1 aliphatic heterocycles. The molecule has 0 saturated heterocycles. The van der Waals surface area contributed by atoms with Gasteiger partial charge < -0.3 is 0 Å². The third-order valence-electron chi connectivity index (χ3n) is 3.43. The number of aldehydes is 1. The molecule has 0 radical (unpaired) electrons. The van der Waals surface area contributed by atoms with Crippen LogP contribution in [0.25, 0.3) is 0 Å². The van der Waals surface area contributed by atoms with Gasteiger partial charge in [0.15, 0.2) is 6.29 Å². The van der Waals surface area contributed by atoms with Gasteiger partial charge in [0.1, 0.15) is 5.15 Å². The van der Waals surface area contributed by atoms with Crippen molar-refractivity contribution >= 4 is 29.5 Å². The van der Waals surface area contributed by atoms with Gasteiger partial charge in [-0.2, -0.15) is 0 Å². The molecule has 20 heavy (non-hydrogen) atoms. The van der Waals surface area contributed by atoms with Gasteiger partial charge in [0.05, 0.1) is 16.3 Å². The lowest BCUT2D eigenvalue weighted by atomic mass is 10.2. The lowest BCUT2D eigenvalue weighted by Crippen LogP contribution is -2.15. The van der Waals surface area contributed by atoms with E-state index in [0.29, 0.717) is 24.4 Å². The Hall–Kier alpha value is -1.42. The molecule has 5 heteroatoms. The summed E-state index contributed by atoms with van der Waals surface area (Å²) in [5.74, 6) is 0. The smallest absolute Gasteiger partial charge is 0.154 e. The van der Waals surface area contributed by atoms with E-state index in [4.69, 9.17) is 23.2 Å². The van der Waals surface area contributed by atoms with Crippen LogP contribution in [0.4, 0.5) is 0 Å². The normalized spacial score (nSPS) is 14.3. The van der Waals surface area contributed by atoms with E-state index in [1.807, 2.05) is 18.2 Å². The van der Waals surface area contributed by atoms with Crippen LogP contribution in [0.1, 0.15) is 27.2 Å². The van der Waals surface area contributed by atoms with E-state index in [-0.39, 0.29) is 10.7 Å². The van der Waals surface area contributed by atoms with Gasteiger partial charge in [0, 0.05) is 25.2 Å². The Kier molecular flexibility index (Phi) is 3.74. The van der Waals surface area contributed by atoms with Crippen LogP contribution in [0.15, 0.2) is 30.3 Å². The summed E-state index contributed by atoms with van der Waals surface area (Å²) in [6, 6.07) is 10.2. The van der Waals surface area contributed by atoms with Gasteiger partial charge in [-0.15, -0.1) is 0 Å². The van der Waals surface area contributed by atoms with Crippen molar-refractivity contribution in [3.8, 4) is 0 Å². The number of hydrogen-bond acceptors (Lipinski definition) is 3. The summed E-state index contributed by atoms with van der Waals surface area (Å²) in [4.78, 5) is 17.5. The van der Waals surface area contributed by atoms with Crippen molar-refractivity contribution in [1.29, 1.82) is 0 Å². The molecule has 0 aliphatic carbocycles. The van der Waals surface area contributed by atoms with Gasteiger partial charge in [-0.25, -0.2) is 4.98 Å². The second-order valence-corrected chi connectivity index (χ2v) is 5.54. The lowest BCUT2D eigenvalue weighted by molar-refractivity contribution is 0.112. The molecule has 1 aromatic heterocycles. The van der Waals surface area contributed by atoms with Crippen LogP contribution in [0.2, 0.25) is 10.2 Å². The molecule has 2 aromatic rings. The Morgan fingerprint density at radius 3 is 2.65 bits per heavy atom. The van der Waals surface area contributed by atoms with Crippen LogP contribution in [0.5, 0.6) is 0 Å². The Bertz CT molecular complexity index is 659. The summed E-state index contributed by atoms with van der Waals surface area (Å²) in [6.07, 6.45) is 0.664. The summed E-state index contributed by atoms with van der Waals surface area (Å²) >= 11 is 12.2. The predicted molar refractivity (Wildman–Crippen MR) is 79.0 cm³/mol.